The van der Waals surface area contributed by atoms with E-state index in [1.165, 1.54) is 6.07 Å². The van der Waals surface area contributed by atoms with Gasteiger partial charge in [0.05, 0.1) is 0 Å². The second-order valence-electron chi connectivity index (χ2n) is 2.11. The molecule has 0 aliphatic heterocycles. The molecule has 0 amide bonds. The van der Waals surface area contributed by atoms with Gasteiger partial charge in [0, 0.05) is 0 Å². The van der Waals surface area contributed by atoms with Crippen molar-refractivity contribution in [3.63, 3.8) is 0 Å². The summed E-state index contributed by atoms with van der Waals surface area (Å²) in [5.74, 6) is -0.716. The highest BCUT2D eigenvalue weighted by molar-refractivity contribution is 5.90. The highest BCUT2D eigenvalue weighted by Gasteiger charge is 2.08. The van der Waals surface area contributed by atoms with Gasteiger partial charge < -0.3 is 9.84 Å². The van der Waals surface area contributed by atoms with E-state index in [-0.39, 0.29) is 24.7 Å². The number of carbonyl (C=O) groups is 1. The van der Waals surface area contributed by atoms with Crippen LogP contribution in [0, 0.1) is 0 Å². The van der Waals surface area contributed by atoms with Crippen LogP contribution in [0.1, 0.15) is 10.4 Å². The zero-order valence-electron chi connectivity index (χ0n) is 6.77. The number of para-hydroxylation sites is 1. The minimum atomic E-state index is -1.01. The van der Waals surface area contributed by atoms with Crippen LogP contribution in [-0.2, 0) is 0 Å². The second-order valence-corrected chi connectivity index (χ2v) is 2.11. The Hall–Kier alpha value is -1.26. The number of ether oxygens (including phenoxy) is 1. The number of rotatable bonds is 3. The molecule has 0 aliphatic carbocycles. The number of benzene rings is 1. The first-order chi connectivity index (χ1) is 5.75. The van der Waals surface area contributed by atoms with Crippen molar-refractivity contribution in [2.24, 2.45) is 5.73 Å². The van der Waals surface area contributed by atoms with Crippen LogP contribution in [0.2, 0.25) is 0 Å². The van der Waals surface area contributed by atoms with Crippen molar-refractivity contribution in [2.75, 3.05) is 6.73 Å². The van der Waals surface area contributed by atoms with Gasteiger partial charge in [-0.15, -0.1) is 12.4 Å². The molecule has 0 heterocycles. The van der Waals surface area contributed by atoms with Crippen molar-refractivity contribution in [1.82, 2.24) is 0 Å². The maximum Gasteiger partial charge on any atom is 0.339 e. The molecule has 1 rings (SSSR count). The molecule has 0 aliphatic rings. The monoisotopic (exact) mass is 203 g/mol. The van der Waals surface area contributed by atoms with Gasteiger partial charge in [0.25, 0.3) is 0 Å². The third-order valence-corrected chi connectivity index (χ3v) is 1.36. The molecule has 0 unspecified atom stereocenters. The summed E-state index contributed by atoms with van der Waals surface area (Å²) >= 11 is 0. The van der Waals surface area contributed by atoms with Gasteiger partial charge in [-0.05, 0) is 12.1 Å². The van der Waals surface area contributed by atoms with Gasteiger partial charge in [-0.3, -0.25) is 5.73 Å². The summed E-state index contributed by atoms with van der Waals surface area (Å²) < 4.78 is 4.90. The molecule has 0 radical (unpaired) electrons. The van der Waals surface area contributed by atoms with Crippen molar-refractivity contribution in [3.05, 3.63) is 29.8 Å². The van der Waals surface area contributed by atoms with E-state index in [9.17, 15) is 4.79 Å². The van der Waals surface area contributed by atoms with Crippen LogP contribution in [-0.4, -0.2) is 17.8 Å². The number of carboxylic acid groups (broad SMARTS) is 1. The van der Waals surface area contributed by atoms with E-state index in [0.29, 0.717) is 5.75 Å². The molecule has 13 heavy (non-hydrogen) atoms. The van der Waals surface area contributed by atoms with Gasteiger partial charge in [-0.1, -0.05) is 12.1 Å². The summed E-state index contributed by atoms with van der Waals surface area (Å²) in [4.78, 5) is 10.6. The predicted octanol–water partition coefficient (Wildman–Crippen LogP) is 1.10. The van der Waals surface area contributed by atoms with Gasteiger partial charge in [-0.2, -0.15) is 0 Å². The minimum Gasteiger partial charge on any atom is -0.478 e. The molecule has 0 bridgehead atoms. The number of hydrogen-bond donors (Lipinski definition) is 2. The predicted molar refractivity (Wildman–Crippen MR) is 50.3 cm³/mol. The molecule has 0 spiro atoms. The lowest BCUT2D eigenvalue weighted by molar-refractivity contribution is 0.0692. The minimum absolute atomic E-state index is 0. The summed E-state index contributed by atoms with van der Waals surface area (Å²) in [6.07, 6.45) is 0. The van der Waals surface area contributed by atoms with Gasteiger partial charge in [0.2, 0.25) is 0 Å². The van der Waals surface area contributed by atoms with Gasteiger partial charge >= 0.3 is 5.97 Å². The lowest BCUT2D eigenvalue weighted by atomic mass is 10.2. The topological polar surface area (TPSA) is 72.5 Å². The Morgan fingerprint density at radius 3 is 2.62 bits per heavy atom. The van der Waals surface area contributed by atoms with Gasteiger partial charge in [0.1, 0.15) is 18.0 Å². The van der Waals surface area contributed by atoms with Crippen molar-refractivity contribution >= 4 is 18.4 Å². The zero-order chi connectivity index (χ0) is 8.97. The molecule has 3 N–H and O–H groups in total. The molecular formula is C8H10ClNO3. The molecule has 1 aromatic rings. The number of hydrogen-bond acceptors (Lipinski definition) is 3. The number of carboxylic acids is 1. The van der Waals surface area contributed by atoms with Crippen LogP contribution in [0.4, 0.5) is 0 Å². The Morgan fingerprint density at radius 1 is 1.46 bits per heavy atom. The molecule has 0 aromatic heterocycles. The van der Waals surface area contributed by atoms with Crippen LogP contribution in [0.25, 0.3) is 0 Å². The van der Waals surface area contributed by atoms with Crippen LogP contribution in [0.3, 0.4) is 0 Å². The Balaban J connectivity index is 0.00000144. The van der Waals surface area contributed by atoms with E-state index in [4.69, 9.17) is 15.6 Å². The average molecular weight is 204 g/mol. The summed E-state index contributed by atoms with van der Waals surface area (Å²) in [5.41, 5.74) is 5.24. The third-order valence-electron chi connectivity index (χ3n) is 1.36. The molecule has 0 atom stereocenters. The largest absolute Gasteiger partial charge is 0.478 e. The fourth-order valence-corrected chi connectivity index (χ4v) is 0.859. The van der Waals surface area contributed by atoms with Crippen LogP contribution < -0.4 is 10.5 Å². The smallest absolute Gasteiger partial charge is 0.339 e. The summed E-state index contributed by atoms with van der Waals surface area (Å²) in [6.45, 7) is -0.0235. The number of halogens is 1. The molecule has 0 saturated heterocycles. The molecule has 4 nitrogen and oxygen atoms in total. The summed E-state index contributed by atoms with van der Waals surface area (Å²) in [7, 11) is 0. The van der Waals surface area contributed by atoms with E-state index in [1.54, 1.807) is 18.2 Å². The number of aromatic carboxylic acids is 1. The van der Waals surface area contributed by atoms with Gasteiger partial charge in [0.15, 0.2) is 0 Å². The Morgan fingerprint density at radius 2 is 2.08 bits per heavy atom. The Labute approximate surface area is 81.7 Å². The summed E-state index contributed by atoms with van der Waals surface area (Å²) in [5, 5.41) is 8.67. The highest BCUT2D eigenvalue weighted by atomic mass is 35.5. The quantitative estimate of drug-likeness (QED) is 0.722. The molecule has 1 aromatic carbocycles. The zero-order valence-corrected chi connectivity index (χ0v) is 7.58. The third kappa shape index (κ3) is 2.93. The fourth-order valence-electron chi connectivity index (χ4n) is 0.859. The van der Waals surface area contributed by atoms with Crippen molar-refractivity contribution in [3.8, 4) is 5.75 Å². The van der Waals surface area contributed by atoms with E-state index < -0.39 is 5.97 Å². The second kappa shape index (κ2) is 5.40. The Kier molecular flexibility index (Phi) is 4.87. The number of nitrogens with two attached hydrogens (primary N) is 1. The maximum absolute atomic E-state index is 10.6. The first-order valence-electron chi connectivity index (χ1n) is 3.41. The van der Waals surface area contributed by atoms with Crippen LogP contribution in [0.15, 0.2) is 24.3 Å². The molecular weight excluding hydrogens is 194 g/mol. The normalized spacial score (nSPS) is 8.69. The SMILES string of the molecule is Cl.NCOc1ccccc1C(=O)O. The van der Waals surface area contributed by atoms with Crippen molar-refractivity contribution < 1.29 is 14.6 Å². The lowest BCUT2D eigenvalue weighted by Gasteiger charge is -2.04. The van der Waals surface area contributed by atoms with Gasteiger partial charge in [-0.25, -0.2) is 4.79 Å². The van der Waals surface area contributed by atoms with E-state index in [2.05, 4.69) is 0 Å². The maximum atomic E-state index is 10.6. The lowest BCUT2D eigenvalue weighted by Crippen LogP contribution is -2.10. The first-order valence-corrected chi connectivity index (χ1v) is 3.41. The fraction of sp³-hybridized carbons (Fsp3) is 0.125. The first kappa shape index (κ1) is 11.7. The van der Waals surface area contributed by atoms with Crippen LogP contribution >= 0.6 is 12.4 Å². The van der Waals surface area contributed by atoms with E-state index in [1.807, 2.05) is 0 Å². The Bertz CT molecular complexity index is 290. The molecule has 0 saturated carbocycles. The van der Waals surface area contributed by atoms with Crippen LogP contribution in [0.5, 0.6) is 5.75 Å². The van der Waals surface area contributed by atoms with E-state index in [0.717, 1.165) is 0 Å². The van der Waals surface area contributed by atoms with Crippen molar-refractivity contribution in [1.29, 1.82) is 0 Å². The highest BCUT2D eigenvalue weighted by Crippen LogP contribution is 2.16. The standard InChI is InChI=1S/C8H9NO3.ClH/c9-5-12-7-4-2-1-3-6(7)8(10)11;/h1-4H,5,9H2,(H,10,11);1H. The average Bonchev–Trinajstić information content (AvgIpc) is 2.05. The summed E-state index contributed by atoms with van der Waals surface area (Å²) in [6, 6.07) is 6.36. The molecule has 0 fully saturated rings. The van der Waals surface area contributed by atoms with Crippen molar-refractivity contribution in [2.45, 2.75) is 0 Å². The molecule has 72 valence electrons. The van der Waals surface area contributed by atoms with E-state index >= 15 is 0 Å². The molecule has 5 heteroatoms.